The van der Waals surface area contributed by atoms with E-state index in [9.17, 15) is 0 Å². The van der Waals surface area contributed by atoms with Crippen LogP contribution in [0.15, 0.2) is 59.8 Å². The summed E-state index contributed by atoms with van der Waals surface area (Å²) < 4.78 is 2.40. The van der Waals surface area contributed by atoms with Gasteiger partial charge in [-0.3, -0.25) is 0 Å². The van der Waals surface area contributed by atoms with Crippen LogP contribution in [0.2, 0.25) is 0 Å². The Hall–Kier alpha value is -1.89. The molecule has 36 heavy (non-hydrogen) atoms. The van der Waals surface area contributed by atoms with Gasteiger partial charge in [-0.05, 0) is 56.4 Å². The Morgan fingerprint density at radius 3 is 1.83 bits per heavy atom. The molecule has 1 aliphatic rings. The van der Waals surface area contributed by atoms with Crippen LogP contribution >= 0.6 is 0 Å². The van der Waals surface area contributed by atoms with Crippen molar-refractivity contribution in [1.82, 2.24) is 0 Å². The third kappa shape index (κ3) is 14.0. The van der Waals surface area contributed by atoms with Crippen molar-refractivity contribution < 1.29 is 4.58 Å². The SMILES string of the molecule is C.CC.CC.CC=[N+](/C=C\C)C1CCC(=C/CC)/C(=C\C)C1c1ccc(C)cc1.CCCCCCC. The fourth-order valence-electron chi connectivity index (χ4n) is 4.59. The number of nitrogens with zero attached hydrogens (tertiary/aromatic N) is 1. The zero-order valence-electron chi connectivity index (χ0n) is 25.5. The largest absolute Gasteiger partial charge is 0.206 e. The molecule has 0 spiro atoms. The van der Waals surface area contributed by atoms with Gasteiger partial charge in [0.25, 0.3) is 0 Å². The van der Waals surface area contributed by atoms with Crippen molar-refractivity contribution in [2.75, 3.05) is 0 Å². The van der Waals surface area contributed by atoms with Gasteiger partial charge < -0.3 is 0 Å². The van der Waals surface area contributed by atoms with E-state index >= 15 is 0 Å². The van der Waals surface area contributed by atoms with Crippen LogP contribution in [0.3, 0.4) is 0 Å². The van der Waals surface area contributed by atoms with Crippen LogP contribution in [-0.2, 0) is 0 Å². The van der Waals surface area contributed by atoms with Gasteiger partial charge in [0, 0.05) is 13.3 Å². The van der Waals surface area contributed by atoms with Crippen LogP contribution in [0, 0.1) is 6.92 Å². The molecular formula is C35H64N+. The summed E-state index contributed by atoms with van der Waals surface area (Å²) in [5, 5.41) is 0. The molecule has 0 N–H and O–H groups in total. The van der Waals surface area contributed by atoms with E-state index in [2.05, 4.69) is 108 Å². The standard InChI is InChI=1S/C23H32N.C7H16.2C2H6.CH4/c1-6-10-19-15-16-22(24(9-4)17-7-2)23(21(19)8-3)20-13-11-18(5)12-14-20;1-3-5-7-6-4-2;2*1-2;/h7-14,17,22-23H,6,15-16H2,1-5H3;3-7H2,1-2H3;2*1-2H3;1H4/q+1;;;;/b17-7-,19-10-,21-8+,24-9?;;;;. The summed E-state index contributed by atoms with van der Waals surface area (Å²) >= 11 is 0. The predicted molar refractivity (Wildman–Crippen MR) is 170 cm³/mol. The quantitative estimate of drug-likeness (QED) is 0.190. The van der Waals surface area contributed by atoms with E-state index in [1.54, 1.807) is 5.57 Å². The van der Waals surface area contributed by atoms with Crippen LogP contribution < -0.4 is 0 Å². The molecule has 0 radical (unpaired) electrons. The van der Waals surface area contributed by atoms with Crippen LogP contribution in [0.1, 0.15) is 145 Å². The van der Waals surface area contributed by atoms with E-state index < -0.39 is 0 Å². The summed E-state index contributed by atoms with van der Waals surface area (Å²) in [6, 6.07) is 9.60. The zero-order valence-corrected chi connectivity index (χ0v) is 25.5. The van der Waals surface area contributed by atoms with Gasteiger partial charge in [-0.1, -0.05) is 130 Å². The minimum Gasteiger partial charge on any atom is -0.206 e. The molecule has 0 heterocycles. The highest BCUT2D eigenvalue weighted by Gasteiger charge is 2.38. The maximum atomic E-state index is 2.42. The maximum absolute atomic E-state index is 2.42. The molecule has 2 rings (SSSR count). The van der Waals surface area contributed by atoms with E-state index in [0.29, 0.717) is 12.0 Å². The van der Waals surface area contributed by atoms with Gasteiger partial charge in [0.15, 0.2) is 12.2 Å². The third-order valence-electron chi connectivity index (χ3n) is 6.21. The van der Waals surface area contributed by atoms with Crippen molar-refractivity contribution in [3.63, 3.8) is 0 Å². The second kappa shape index (κ2) is 26.2. The summed E-state index contributed by atoms with van der Waals surface area (Å²) in [7, 11) is 0. The van der Waals surface area contributed by atoms with Gasteiger partial charge in [-0.25, -0.2) is 4.58 Å². The molecule has 0 aromatic heterocycles. The van der Waals surface area contributed by atoms with E-state index in [4.69, 9.17) is 0 Å². The van der Waals surface area contributed by atoms with Gasteiger partial charge in [-0.15, -0.1) is 0 Å². The topological polar surface area (TPSA) is 3.01 Å². The van der Waals surface area contributed by atoms with Crippen molar-refractivity contribution in [1.29, 1.82) is 0 Å². The summed E-state index contributed by atoms with van der Waals surface area (Å²) in [5.74, 6) is 0.426. The summed E-state index contributed by atoms with van der Waals surface area (Å²) in [4.78, 5) is 0. The number of rotatable bonds is 8. The fourth-order valence-corrected chi connectivity index (χ4v) is 4.59. The lowest BCUT2D eigenvalue weighted by atomic mass is 9.73. The average molecular weight is 499 g/mol. The van der Waals surface area contributed by atoms with Gasteiger partial charge in [0.1, 0.15) is 6.21 Å². The first-order valence-electron chi connectivity index (χ1n) is 14.7. The second-order valence-electron chi connectivity index (χ2n) is 8.62. The Morgan fingerprint density at radius 1 is 0.861 bits per heavy atom. The van der Waals surface area contributed by atoms with Gasteiger partial charge in [0.05, 0.1) is 5.92 Å². The summed E-state index contributed by atoms with van der Waals surface area (Å²) in [6.07, 6.45) is 21.8. The number of hydrogen-bond acceptors (Lipinski definition) is 0. The maximum Gasteiger partial charge on any atom is 0.169 e. The number of allylic oxidation sites excluding steroid dienone is 4. The fraction of sp³-hybridized carbons (Fsp3) is 0.629. The molecule has 2 unspecified atom stereocenters. The monoisotopic (exact) mass is 499 g/mol. The third-order valence-corrected chi connectivity index (χ3v) is 6.21. The Morgan fingerprint density at radius 2 is 1.42 bits per heavy atom. The van der Waals surface area contributed by atoms with Crippen molar-refractivity contribution in [3.8, 4) is 0 Å². The lowest BCUT2D eigenvalue weighted by Crippen LogP contribution is -2.34. The number of hydrogen-bond donors (Lipinski definition) is 0. The number of aryl methyl sites for hydroxylation is 1. The molecule has 2 atom stereocenters. The van der Waals surface area contributed by atoms with Crippen molar-refractivity contribution >= 4 is 6.21 Å². The smallest absolute Gasteiger partial charge is 0.169 e. The molecule has 1 aromatic carbocycles. The molecule has 1 fully saturated rings. The van der Waals surface area contributed by atoms with Crippen LogP contribution in [0.4, 0.5) is 0 Å². The first-order chi connectivity index (χ1) is 17.1. The lowest BCUT2D eigenvalue weighted by Gasteiger charge is -2.33. The second-order valence-corrected chi connectivity index (χ2v) is 8.62. The molecule has 0 bridgehead atoms. The van der Waals surface area contributed by atoms with Crippen molar-refractivity contribution in [2.45, 2.75) is 147 Å². The van der Waals surface area contributed by atoms with Gasteiger partial charge in [0.2, 0.25) is 0 Å². The molecule has 1 saturated carbocycles. The molecule has 0 aliphatic heterocycles. The molecule has 1 aliphatic carbocycles. The average Bonchev–Trinajstić information content (AvgIpc) is 2.91. The van der Waals surface area contributed by atoms with Crippen molar-refractivity contribution in [2.24, 2.45) is 0 Å². The Balaban J connectivity index is -0.000000775. The first-order valence-corrected chi connectivity index (χ1v) is 14.7. The van der Waals surface area contributed by atoms with Crippen molar-refractivity contribution in [3.05, 3.63) is 71.0 Å². The summed E-state index contributed by atoms with van der Waals surface area (Å²) in [5.41, 5.74) is 5.80. The zero-order chi connectivity index (χ0) is 27.1. The van der Waals surface area contributed by atoms with E-state index in [1.165, 1.54) is 61.6 Å². The molecule has 0 amide bonds. The Bertz CT molecular complexity index is 726. The highest BCUT2D eigenvalue weighted by Crippen LogP contribution is 2.42. The molecule has 0 saturated heterocycles. The van der Waals surface area contributed by atoms with Crippen LogP contribution in [0.5, 0.6) is 0 Å². The van der Waals surface area contributed by atoms with Gasteiger partial charge >= 0.3 is 0 Å². The Labute approximate surface area is 228 Å². The van der Waals surface area contributed by atoms with E-state index in [0.717, 1.165) is 6.42 Å². The van der Waals surface area contributed by atoms with E-state index in [1.807, 2.05) is 27.7 Å². The number of unbranched alkanes of at least 4 members (excludes halogenated alkanes) is 4. The highest BCUT2D eigenvalue weighted by molar-refractivity contribution is 5.49. The molecule has 208 valence electrons. The van der Waals surface area contributed by atoms with Crippen LogP contribution in [-0.4, -0.2) is 16.8 Å². The van der Waals surface area contributed by atoms with Crippen LogP contribution in [0.25, 0.3) is 0 Å². The minimum atomic E-state index is 0. The highest BCUT2D eigenvalue weighted by atomic mass is 15.0. The predicted octanol–water partition coefficient (Wildman–Crippen LogP) is 11.8. The first kappa shape index (κ1) is 38.6. The Kier molecular flexibility index (Phi) is 28.1. The molecule has 1 heteroatoms. The lowest BCUT2D eigenvalue weighted by molar-refractivity contribution is -0.501. The minimum absolute atomic E-state index is 0. The number of benzene rings is 1. The normalized spacial score (nSPS) is 19.4. The molecule has 1 nitrogen and oxygen atoms in total. The van der Waals surface area contributed by atoms with Gasteiger partial charge in [-0.2, -0.15) is 0 Å². The van der Waals surface area contributed by atoms with E-state index in [-0.39, 0.29) is 7.43 Å². The molecule has 1 aromatic rings. The molecular weight excluding hydrogens is 434 g/mol. The summed E-state index contributed by atoms with van der Waals surface area (Å²) in [6.45, 7) is 23.3.